The number of carboxylic acid groups (broad SMARTS) is 1. The molecule has 104 valence electrons. The third-order valence-electron chi connectivity index (χ3n) is 3.25. The molecule has 1 N–H and O–H groups in total. The van der Waals surface area contributed by atoms with Crippen LogP contribution in [-0.4, -0.2) is 36.9 Å². The molecule has 0 bridgehead atoms. The smallest absolute Gasteiger partial charge is 0.336 e. The number of hydrogen-bond acceptors (Lipinski definition) is 3. The molecule has 1 aromatic rings. The van der Waals surface area contributed by atoms with Crippen molar-refractivity contribution >= 4 is 31.9 Å². The molecule has 19 heavy (non-hydrogen) atoms. The van der Waals surface area contributed by atoms with Crippen molar-refractivity contribution in [2.24, 2.45) is 0 Å². The number of carbonyl (C=O) groups is 1. The van der Waals surface area contributed by atoms with Crippen LogP contribution in [0.5, 0.6) is 0 Å². The average Bonchev–Trinajstić information content (AvgIpc) is 2.86. The molecule has 1 heterocycles. The van der Waals surface area contributed by atoms with Gasteiger partial charge in [0.25, 0.3) is 0 Å². The first kappa shape index (κ1) is 14.5. The van der Waals surface area contributed by atoms with Crippen LogP contribution in [0.1, 0.15) is 28.8 Å². The van der Waals surface area contributed by atoms with Crippen LogP contribution in [0, 0.1) is 6.92 Å². The lowest BCUT2D eigenvalue weighted by atomic mass is 10.1. The molecule has 0 atom stereocenters. The lowest BCUT2D eigenvalue weighted by Gasteiger charge is -2.17. The van der Waals surface area contributed by atoms with Crippen LogP contribution in [0.3, 0.4) is 0 Å². The van der Waals surface area contributed by atoms with Crippen LogP contribution in [-0.2, 0) is 10.0 Å². The van der Waals surface area contributed by atoms with Gasteiger partial charge in [-0.05, 0) is 37.5 Å². The second kappa shape index (κ2) is 5.22. The normalized spacial score (nSPS) is 16.7. The van der Waals surface area contributed by atoms with Crippen molar-refractivity contribution in [2.75, 3.05) is 13.1 Å². The van der Waals surface area contributed by atoms with Gasteiger partial charge in [-0.3, -0.25) is 0 Å². The predicted molar refractivity (Wildman–Crippen MR) is 73.8 cm³/mol. The minimum atomic E-state index is -3.59. The Morgan fingerprint density at radius 3 is 2.42 bits per heavy atom. The Labute approximate surface area is 120 Å². The summed E-state index contributed by atoms with van der Waals surface area (Å²) in [6.45, 7) is 2.63. The lowest BCUT2D eigenvalue weighted by Crippen LogP contribution is -2.28. The highest BCUT2D eigenvalue weighted by molar-refractivity contribution is 9.10. The van der Waals surface area contributed by atoms with Crippen molar-refractivity contribution in [3.8, 4) is 0 Å². The summed E-state index contributed by atoms with van der Waals surface area (Å²) in [5, 5.41) is 9.12. The minimum Gasteiger partial charge on any atom is -0.478 e. The highest BCUT2D eigenvalue weighted by Crippen LogP contribution is 2.28. The molecule has 1 aromatic carbocycles. The van der Waals surface area contributed by atoms with E-state index in [1.807, 2.05) is 0 Å². The van der Waals surface area contributed by atoms with Gasteiger partial charge in [0.1, 0.15) is 0 Å². The van der Waals surface area contributed by atoms with Gasteiger partial charge in [0.15, 0.2) is 0 Å². The van der Waals surface area contributed by atoms with Gasteiger partial charge in [-0.15, -0.1) is 0 Å². The maximum absolute atomic E-state index is 12.4. The van der Waals surface area contributed by atoms with Crippen molar-refractivity contribution in [1.29, 1.82) is 0 Å². The van der Waals surface area contributed by atoms with Crippen LogP contribution >= 0.6 is 15.9 Å². The Morgan fingerprint density at radius 1 is 1.32 bits per heavy atom. The van der Waals surface area contributed by atoms with E-state index in [-0.39, 0.29) is 10.5 Å². The van der Waals surface area contributed by atoms with Gasteiger partial charge in [0, 0.05) is 17.6 Å². The summed E-state index contributed by atoms with van der Waals surface area (Å²) in [6, 6.07) is 2.70. The molecule has 2 rings (SSSR count). The molecule has 0 saturated carbocycles. The first-order valence-corrected chi connectivity index (χ1v) is 8.11. The van der Waals surface area contributed by atoms with Crippen molar-refractivity contribution in [1.82, 2.24) is 4.31 Å². The number of nitrogens with zero attached hydrogens (tertiary/aromatic N) is 1. The van der Waals surface area contributed by atoms with E-state index in [9.17, 15) is 13.2 Å². The minimum absolute atomic E-state index is 0.00662. The van der Waals surface area contributed by atoms with E-state index in [1.54, 1.807) is 6.92 Å². The second-order valence-electron chi connectivity index (χ2n) is 4.49. The SMILES string of the molecule is Cc1c(Br)cc(S(=O)(=O)N2CCCC2)cc1C(=O)O. The van der Waals surface area contributed by atoms with Crippen molar-refractivity contribution < 1.29 is 18.3 Å². The Bertz CT molecular complexity index is 621. The van der Waals surface area contributed by atoms with E-state index in [0.29, 0.717) is 23.1 Å². The highest BCUT2D eigenvalue weighted by atomic mass is 79.9. The number of rotatable bonds is 3. The first-order valence-electron chi connectivity index (χ1n) is 5.87. The number of hydrogen-bond donors (Lipinski definition) is 1. The van der Waals surface area contributed by atoms with Crippen LogP contribution in [0.4, 0.5) is 0 Å². The van der Waals surface area contributed by atoms with Crippen molar-refractivity contribution in [2.45, 2.75) is 24.7 Å². The number of sulfonamides is 1. The standard InChI is InChI=1S/C12H14BrNO4S/c1-8-10(12(15)16)6-9(7-11(8)13)19(17,18)14-4-2-3-5-14/h6-7H,2-5H2,1H3,(H,15,16). The summed E-state index contributed by atoms with van der Waals surface area (Å²) in [7, 11) is -3.59. The topological polar surface area (TPSA) is 74.7 Å². The summed E-state index contributed by atoms with van der Waals surface area (Å²) >= 11 is 3.22. The fourth-order valence-corrected chi connectivity index (χ4v) is 4.28. The molecule has 1 aliphatic rings. The molecule has 0 aliphatic carbocycles. The predicted octanol–water partition coefficient (Wildman–Crippen LogP) is 2.24. The van der Waals surface area contributed by atoms with Gasteiger partial charge in [0.2, 0.25) is 10.0 Å². The molecule has 0 radical (unpaired) electrons. The summed E-state index contributed by atoms with van der Waals surface area (Å²) < 4.78 is 26.7. The summed E-state index contributed by atoms with van der Waals surface area (Å²) in [6.07, 6.45) is 1.69. The van der Waals surface area contributed by atoms with Gasteiger partial charge < -0.3 is 5.11 Å². The van der Waals surface area contributed by atoms with E-state index in [1.165, 1.54) is 16.4 Å². The third-order valence-corrected chi connectivity index (χ3v) is 5.95. The largest absolute Gasteiger partial charge is 0.478 e. The van der Waals surface area contributed by atoms with Gasteiger partial charge in [-0.25, -0.2) is 13.2 Å². The summed E-state index contributed by atoms with van der Waals surface area (Å²) in [5.74, 6) is -1.13. The van der Waals surface area contributed by atoms with E-state index < -0.39 is 16.0 Å². The zero-order valence-corrected chi connectivity index (χ0v) is 12.8. The van der Waals surface area contributed by atoms with E-state index in [4.69, 9.17) is 5.11 Å². The highest BCUT2D eigenvalue weighted by Gasteiger charge is 2.28. The monoisotopic (exact) mass is 347 g/mol. The fourth-order valence-electron chi connectivity index (χ4n) is 2.10. The van der Waals surface area contributed by atoms with E-state index in [2.05, 4.69) is 15.9 Å². The first-order chi connectivity index (χ1) is 8.84. The number of aromatic carboxylic acids is 1. The Hall–Kier alpha value is -0.920. The van der Waals surface area contributed by atoms with Gasteiger partial charge >= 0.3 is 5.97 Å². The van der Waals surface area contributed by atoms with Crippen LogP contribution in [0.25, 0.3) is 0 Å². The zero-order valence-electron chi connectivity index (χ0n) is 10.4. The maximum atomic E-state index is 12.4. The molecule has 1 fully saturated rings. The molecule has 0 amide bonds. The van der Waals surface area contributed by atoms with Gasteiger partial charge in [-0.1, -0.05) is 15.9 Å². The zero-order chi connectivity index (χ0) is 14.2. The summed E-state index contributed by atoms with van der Waals surface area (Å²) in [5.41, 5.74) is 0.528. The maximum Gasteiger partial charge on any atom is 0.336 e. The molecular weight excluding hydrogens is 334 g/mol. The van der Waals surface area contributed by atoms with E-state index in [0.717, 1.165) is 12.8 Å². The third kappa shape index (κ3) is 2.68. The van der Waals surface area contributed by atoms with E-state index >= 15 is 0 Å². The fraction of sp³-hybridized carbons (Fsp3) is 0.417. The molecule has 1 aliphatic heterocycles. The molecule has 5 nitrogen and oxygen atoms in total. The Morgan fingerprint density at radius 2 is 1.89 bits per heavy atom. The number of halogens is 1. The lowest BCUT2D eigenvalue weighted by molar-refractivity contribution is 0.0695. The second-order valence-corrected chi connectivity index (χ2v) is 7.29. The van der Waals surface area contributed by atoms with Gasteiger partial charge in [-0.2, -0.15) is 4.31 Å². The Balaban J connectivity index is 2.54. The van der Waals surface area contributed by atoms with Crippen molar-refractivity contribution in [3.63, 3.8) is 0 Å². The summed E-state index contributed by atoms with van der Waals surface area (Å²) in [4.78, 5) is 11.2. The molecule has 1 saturated heterocycles. The van der Waals surface area contributed by atoms with Gasteiger partial charge in [0.05, 0.1) is 10.5 Å². The average molecular weight is 348 g/mol. The molecular formula is C12H14BrNO4S. The molecule has 0 aromatic heterocycles. The Kier molecular flexibility index (Phi) is 3.98. The number of benzene rings is 1. The molecule has 7 heteroatoms. The molecule has 0 spiro atoms. The van der Waals surface area contributed by atoms with Crippen LogP contribution < -0.4 is 0 Å². The van der Waals surface area contributed by atoms with Crippen LogP contribution in [0.2, 0.25) is 0 Å². The quantitative estimate of drug-likeness (QED) is 0.909. The van der Waals surface area contributed by atoms with Crippen LogP contribution in [0.15, 0.2) is 21.5 Å². The van der Waals surface area contributed by atoms with Crippen molar-refractivity contribution in [3.05, 3.63) is 27.7 Å². The molecule has 0 unspecified atom stereocenters. The number of carboxylic acids is 1.